The minimum Gasteiger partial charge on any atom is -0.461 e. The average Bonchev–Trinajstić information content (AvgIpc) is 3.05. The van der Waals surface area contributed by atoms with E-state index in [1.165, 1.54) is 0 Å². The molecule has 0 radical (unpaired) electrons. The molecule has 0 bridgehead atoms. The zero-order chi connectivity index (χ0) is 18.7. The van der Waals surface area contributed by atoms with Crippen LogP contribution in [0.15, 0.2) is 39.9 Å². The zero-order valence-corrected chi connectivity index (χ0v) is 14.3. The number of halogens is 1. The Morgan fingerprint density at radius 1 is 1.31 bits per heavy atom. The summed E-state index contributed by atoms with van der Waals surface area (Å²) in [5.41, 5.74) is -0.483. The van der Waals surface area contributed by atoms with Crippen LogP contribution < -0.4 is 10.9 Å². The highest BCUT2D eigenvalue weighted by molar-refractivity contribution is 6.30. The van der Waals surface area contributed by atoms with Crippen molar-refractivity contribution >= 4 is 40.3 Å². The lowest BCUT2D eigenvalue weighted by atomic mass is 10.3. The molecule has 0 saturated heterocycles. The van der Waals surface area contributed by atoms with Gasteiger partial charge in [-0.3, -0.25) is 14.2 Å². The van der Waals surface area contributed by atoms with E-state index in [4.69, 9.17) is 20.9 Å². The Morgan fingerprint density at radius 3 is 2.73 bits per heavy atom. The normalized spacial score (nSPS) is 10.7. The number of aromatic nitrogens is 3. The number of ether oxygens (including phenoxy) is 1. The molecule has 0 atom stereocenters. The number of carbonyl (C=O) groups excluding carboxylic acids is 2. The summed E-state index contributed by atoms with van der Waals surface area (Å²) in [4.78, 5) is 40.5. The minimum absolute atomic E-state index is 0.104. The van der Waals surface area contributed by atoms with Crippen molar-refractivity contribution in [3.8, 4) is 0 Å². The molecule has 1 aromatic carbocycles. The average molecular weight is 377 g/mol. The van der Waals surface area contributed by atoms with Crippen molar-refractivity contribution in [2.75, 3.05) is 11.9 Å². The molecule has 26 heavy (non-hydrogen) atoms. The van der Waals surface area contributed by atoms with Gasteiger partial charge in [-0.1, -0.05) is 16.8 Å². The molecule has 9 nitrogen and oxygen atoms in total. The first-order valence-corrected chi connectivity index (χ1v) is 7.94. The molecule has 134 valence electrons. The summed E-state index contributed by atoms with van der Waals surface area (Å²) >= 11 is 5.79. The maximum atomic E-state index is 12.6. The Kier molecular flexibility index (Phi) is 4.99. The molecule has 2 aromatic heterocycles. The van der Waals surface area contributed by atoms with Crippen LogP contribution in [0.1, 0.15) is 17.4 Å². The van der Waals surface area contributed by atoms with E-state index >= 15 is 0 Å². The predicted molar refractivity (Wildman–Crippen MR) is 92.1 cm³/mol. The molecular formula is C16H13ClN4O5. The first kappa shape index (κ1) is 17.6. The fraction of sp³-hybridized carbons (Fsp3) is 0.188. The molecule has 0 fully saturated rings. The maximum Gasteiger partial charge on any atom is 0.361 e. The van der Waals surface area contributed by atoms with Crippen molar-refractivity contribution in [2.45, 2.75) is 13.5 Å². The van der Waals surface area contributed by atoms with E-state index in [1.807, 2.05) is 0 Å². The monoisotopic (exact) mass is 376 g/mol. The number of nitrogens with zero attached hydrogens (tertiary/aromatic N) is 3. The van der Waals surface area contributed by atoms with Crippen molar-refractivity contribution in [2.24, 2.45) is 0 Å². The summed E-state index contributed by atoms with van der Waals surface area (Å²) in [6, 6.07) is 6.51. The molecular weight excluding hydrogens is 364 g/mol. The van der Waals surface area contributed by atoms with Crippen molar-refractivity contribution in [1.82, 2.24) is 14.7 Å². The van der Waals surface area contributed by atoms with E-state index in [0.29, 0.717) is 10.7 Å². The van der Waals surface area contributed by atoms with Crippen LogP contribution in [-0.4, -0.2) is 33.2 Å². The van der Waals surface area contributed by atoms with Gasteiger partial charge in [-0.25, -0.2) is 9.78 Å². The van der Waals surface area contributed by atoms with Crippen LogP contribution in [0.4, 0.5) is 5.69 Å². The molecule has 2 heterocycles. The van der Waals surface area contributed by atoms with Gasteiger partial charge >= 0.3 is 5.97 Å². The van der Waals surface area contributed by atoms with Gasteiger partial charge in [-0.2, -0.15) is 0 Å². The third-order valence-corrected chi connectivity index (χ3v) is 3.63. The number of hydrogen-bond acceptors (Lipinski definition) is 7. The van der Waals surface area contributed by atoms with E-state index in [9.17, 15) is 14.4 Å². The van der Waals surface area contributed by atoms with E-state index in [1.54, 1.807) is 31.2 Å². The van der Waals surface area contributed by atoms with E-state index in [0.717, 1.165) is 10.9 Å². The highest BCUT2D eigenvalue weighted by Crippen LogP contribution is 2.14. The Morgan fingerprint density at radius 2 is 2.04 bits per heavy atom. The summed E-state index contributed by atoms with van der Waals surface area (Å²) in [6.07, 6.45) is 1.15. The Bertz CT molecular complexity index is 1030. The second kappa shape index (κ2) is 7.36. The number of esters is 1. The maximum absolute atomic E-state index is 12.6. The molecule has 3 aromatic rings. The molecule has 1 N–H and O–H groups in total. The molecule has 1 amide bonds. The standard InChI is InChI=1S/C16H13ClN4O5/c1-2-25-16(24)13-12-14(26-20-13)18-8-21(15(12)23)7-11(22)19-10-5-3-9(17)4-6-10/h3-6,8H,2,7H2,1H3,(H,19,22). The Hall–Kier alpha value is -3.20. The van der Waals surface area contributed by atoms with Gasteiger partial charge < -0.3 is 14.6 Å². The zero-order valence-electron chi connectivity index (χ0n) is 13.6. The molecule has 0 aliphatic heterocycles. The van der Waals surface area contributed by atoms with Gasteiger partial charge in [-0.15, -0.1) is 0 Å². The number of anilines is 1. The van der Waals surface area contributed by atoms with Crippen LogP contribution in [0, 0.1) is 0 Å². The Labute approximate surface area is 151 Å². The molecule has 0 aliphatic carbocycles. The van der Waals surface area contributed by atoms with Gasteiger partial charge in [0.2, 0.25) is 11.6 Å². The SMILES string of the molecule is CCOC(=O)c1noc2ncn(CC(=O)Nc3ccc(Cl)cc3)c(=O)c12. The molecule has 0 saturated carbocycles. The first-order valence-electron chi connectivity index (χ1n) is 7.57. The lowest BCUT2D eigenvalue weighted by Crippen LogP contribution is -2.28. The van der Waals surface area contributed by atoms with Crippen molar-refractivity contribution in [3.05, 3.63) is 51.7 Å². The fourth-order valence-electron chi connectivity index (χ4n) is 2.22. The second-order valence-corrected chi connectivity index (χ2v) is 5.60. The van der Waals surface area contributed by atoms with Crippen LogP contribution in [0.3, 0.4) is 0 Å². The predicted octanol–water partition coefficient (Wildman–Crippen LogP) is 1.85. The van der Waals surface area contributed by atoms with Crippen LogP contribution in [0.25, 0.3) is 11.1 Å². The van der Waals surface area contributed by atoms with E-state index in [2.05, 4.69) is 15.5 Å². The van der Waals surface area contributed by atoms with E-state index in [-0.39, 0.29) is 29.9 Å². The molecule has 0 spiro atoms. The van der Waals surface area contributed by atoms with Gasteiger partial charge in [0.05, 0.1) is 6.61 Å². The lowest BCUT2D eigenvalue weighted by Gasteiger charge is -2.07. The first-order chi connectivity index (χ1) is 12.5. The third-order valence-electron chi connectivity index (χ3n) is 3.37. The third kappa shape index (κ3) is 3.57. The van der Waals surface area contributed by atoms with Crippen LogP contribution >= 0.6 is 11.6 Å². The number of carbonyl (C=O) groups is 2. The van der Waals surface area contributed by atoms with Crippen LogP contribution in [0.2, 0.25) is 5.02 Å². The van der Waals surface area contributed by atoms with Gasteiger partial charge in [0.1, 0.15) is 18.3 Å². The number of hydrogen-bond donors (Lipinski definition) is 1. The van der Waals surface area contributed by atoms with Crippen molar-refractivity contribution in [3.63, 3.8) is 0 Å². The lowest BCUT2D eigenvalue weighted by molar-refractivity contribution is -0.116. The summed E-state index contributed by atoms with van der Waals surface area (Å²) < 4.78 is 10.8. The summed E-state index contributed by atoms with van der Waals surface area (Å²) in [5, 5.41) is 6.56. The van der Waals surface area contributed by atoms with Crippen LogP contribution in [-0.2, 0) is 16.1 Å². The van der Waals surface area contributed by atoms with Gasteiger partial charge in [0.15, 0.2) is 0 Å². The molecule has 0 unspecified atom stereocenters. The highest BCUT2D eigenvalue weighted by Gasteiger charge is 2.22. The minimum atomic E-state index is -0.798. The number of nitrogens with one attached hydrogen (secondary N) is 1. The summed E-state index contributed by atoms with van der Waals surface area (Å²) in [5.74, 6) is -1.25. The molecule has 0 aliphatic rings. The number of fused-ring (bicyclic) bond motifs is 1. The van der Waals surface area contributed by atoms with Gasteiger partial charge in [0.25, 0.3) is 11.3 Å². The van der Waals surface area contributed by atoms with Crippen molar-refractivity contribution in [1.29, 1.82) is 0 Å². The fourth-order valence-corrected chi connectivity index (χ4v) is 2.35. The second-order valence-electron chi connectivity index (χ2n) is 5.16. The van der Waals surface area contributed by atoms with E-state index < -0.39 is 17.4 Å². The quantitative estimate of drug-likeness (QED) is 0.675. The van der Waals surface area contributed by atoms with Gasteiger partial charge in [0, 0.05) is 10.7 Å². The number of amides is 1. The van der Waals surface area contributed by atoms with Crippen molar-refractivity contribution < 1.29 is 18.8 Å². The molecule has 3 rings (SSSR count). The largest absolute Gasteiger partial charge is 0.461 e. The summed E-state index contributed by atoms with van der Waals surface area (Å²) in [7, 11) is 0. The summed E-state index contributed by atoms with van der Waals surface area (Å²) in [6.45, 7) is 1.43. The van der Waals surface area contributed by atoms with Gasteiger partial charge in [-0.05, 0) is 31.2 Å². The number of benzene rings is 1. The highest BCUT2D eigenvalue weighted by atomic mass is 35.5. The Balaban J connectivity index is 1.86. The topological polar surface area (TPSA) is 116 Å². The van der Waals surface area contributed by atoms with Crippen LogP contribution in [0.5, 0.6) is 0 Å². The smallest absolute Gasteiger partial charge is 0.361 e. The number of rotatable bonds is 5. The molecule has 10 heteroatoms.